The van der Waals surface area contributed by atoms with Crippen molar-refractivity contribution in [3.63, 3.8) is 0 Å². The lowest BCUT2D eigenvalue weighted by Crippen LogP contribution is -2.15. The first kappa shape index (κ1) is 14.4. The number of nitrogens with zero attached hydrogens (tertiary/aromatic N) is 1. The summed E-state index contributed by atoms with van der Waals surface area (Å²) in [6.45, 7) is 3.76. The number of nitrogens with one attached hydrogen (secondary N) is 2. The molecule has 0 saturated carbocycles. The lowest BCUT2D eigenvalue weighted by atomic mass is 10.1. The maximum absolute atomic E-state index is 6.11. The van der Waals surface area contributed by atoms with Crippen molar-refractivity contribution in [2.24, 2.45) is 0 Å². The highest BCUT2D eigenvalue weighted by Gasteiger charge is 2.02. The van der Waals surface area contributed by atoms with E-state index in [9.17, 15) is 0 Å². The Hall–Kier alpha value is -1.03. The summed E-state index contributed by atoms with van der Waals surface area (Å²) >= 11 is 12.0. The van der Waals surface area contributed by atoms with Gasteiger partial charge < -0.3 is 5.32 Å². The number of aryl methyl sites for hydroxylation is 2. The van der Waals surface area contributed by atoms with E-state index in [1.807, 2.05) is 25.3 Å². The van der Waals surface area contributed by atoms with Gasteiger partial charge in [0.25, 0.3) is 0 Å². The fourth-order valence-corrected chi connectivity index (χ4v) is 2.39. The van der Waals surface area contributed by atoms with Crippen LogP contribution in [0.15, 0.2) is 24.4 Å². The van der Waals surface area contributed by atoms with Crippen LogP contribution in [-0.4, -0.2) is 16.7 Å². The number of hydrogen-bond donors (Lipinski definition) is 2. The van der Waals surface area contributed by atoms with Crippen molar-refractivity contribution < 1.29 is 0 Å². The predicted molar refractivity (Wildman–Crippen MR) is 79.8 cm³/mol. The second-order valence-electron chi connectivity index (χ2n) is 4.54. The molecular formula is C14H17Cl2N3. The van der Waals surface area contributed by atoms with Crippen LogP contribution in [0.2, 0.25) is 10.0 Å². The van der Waals surface area contributed by atoms with Crippen molar-refractivity contribution in [1.29, 1.82) is 0 Å². The normalized spacial score (nSPS) is 10.9. The topological polar surface area (TPSA) is 40.7 Å². The lowest BCUT2D eigenvalue weighted by molar-refractivity contribution is 0.649. The van der Waals surface area contributed by atoms with E-state index in [1.54, 1.807) is 6.07 Å². The Morgan fingerprint density at radius 2 is 2.11 bits per heavy atom. The van der Waals surface area contributed by atoms with Crippen LogP contribution in [0.3, 0.4) is 0 Å². The van der Waals surface area contributed by atoms with Crippen molar-refractivity contribution in [2.45, 2.75) is 26.3 Å². The Bertz CT molecular complexity index is 537. The van der Waals surface area contributed by atoms with E-state index in [4.69, 9.17) is 23.2 Å². The Morgan fingerprint density at radius 1 is 1.26 bits per heavy atom. The van der Waals surface area contributed by atoms with Crippen molar-refractivity contribution in [3.8, 4) is 0 Å². The van der Waals surface area contributed by atoms with E-state index in [0.29, 0.717) is 10.0 Å². The zero-order valence-electron chi connectivity index (χ0n) is 10.8. The fraction of sp³-hybridized carbons (Fsp3) is 0.357. The van der Waals surface area contributed by atoms with E-state index < -0.39 is 0 Å². The molecule has 0 spiro atoms. The molecule has 2 N–H and O–H groups in total. The molecule has 0 aliphatic rings. The molecular weight excluding hydrogens is 281 g/mol. The van der Waals surface area contributed by atoms with Crippen LogP contribution in [0, 0.1) is 6.92 Å². The molecule has 0 fully saturated rings. The Morgan fingerprint density at radius 3 is 2.79 bits per heavy atom. The zero-order valence-corrected chi connectivity index (χ0v) is 12.4. The van der Waals surface area contributed by atoms with Crippen molar-refractivity contribution in [2.75, 3.05) is 6.54 Å². The predicted octanol–water partition coefficient (Wildman–Crippen LogP) is 3.75. The van der Waals surface area contributed by atoms with Gasteiger partial charge in [0.2, 0.25) is 0 Å². The van der Waals surface area contributed by atoms with Crippen LogP contribution in [0.1, 0.15) is 23.2 Å². The zero-order chi connectivity index (χ0) is 13.7. The van der Waals surface area contributed by atoms with Crippen LogP contribution in [0.25, 0.3) is 0 Å². The van der Waals surface area contributed by atoms with E-state index in [0.717, 1.165) is 37.2 Å². The highest BCUT2D eigenvalue weighted by Crippen LogP contribution is 2.20. The minimum atomic E-state index is 0.671. The molecule has 0 radical (unpaired) electrons. The Kier molecular flexibility index (Phi) is 5.25. The van der Waals surface area contributed by atoms with Gasteiger partial charge in [-0.2, -0.15) is 5.10 Å². The Balaban J connectivity index is 1.71. The van der Waals surface area contributed by atoms with Crippen LogP contribution in [-0.2, 0) is 13.0 Å². The smallest absolute Gasteiger partial charge is 0.0522 e. The van der Waals surface area contributed by atoms with Gasteiger partial charge in [0.1, 0.15) is 0 Å². The monoisotopic (exact) mass is 297 g/mol. The number of aromatic amines is 1. The first-order chi connectivity index (χ1) is 9.16. The minimum absolute atomic E-state index is 0.671. The van der Waals surface area contributed by atoms with E-state index in [-0.39, 0.29) is 0 Å². The molecule has 0 unspecified atom stereocenters. The average Bonchev–Trinajstić information content (AvgIpc) is 2.77. The molecule has 1 heterocycles. The second-order valence-corrected chi connectivity index (χ2v) is 5.38. The largest absolute Gasteiger partial charge is 0.313 e. The number of benzene rings is 1. The van der Waals surface area contributed by atoms with Crippen molar-refractivity contribution in [1.82, 2.24) is 15.5 Å². The molecule has 1 aromatic heterocycles. The number of H-pyrrole nitrogens is 1. The molecule has 3 nitrogen and oxygen atoms in total. The molecule has 5 heteroatoms. The summed E-state index contributed by atoms with van der Waals surface area (Å²) in [4.78, 5) is 0. The summed E-state index contributed by atoms with van der Waals surface area (Å²) in [6.07, 6.45) is 4.00. The highest BCUT2D eigenvalue weighted by atomic mass is 35.5. The molecule has 0 aliphatic carbocycles. The summed E-state index contributed by atoms with van der Waals surface area (Å²) in [7, 11) is 0. The van der Waals surface area contributed by atoms with Gasteiger partial charge in [-0.15, -0.1) is 0 Å². The molecule has 2 rings (SSSR count). The molecule has 0 saturated heterocycles. The number of halogens is 2. The maximum Gasteiger partial charge on any atom is 0.0522 e. The van der Waals surface area contributed by atoms with E-state index in [2.05, 4.69) is 15.5 Å². The summed E-state index contributed by atoms with van der Waals surface area (Å²) in [6, 6.07) is 5.59. The average molecular weight is 298 g/mol. The molecule has 0 aliphatic heterocycles. The quantitative estimate of drug-likeness (QED) is 0.797. The standard InChI is InChI=1S/C14H17Cl2N3/c1-10-11(9-18-19-10)3-2-6-17-8-12-4-5-13(15)7-14(12)16/h4-5,7,9,17H,2-3,6,8H2,1H3,(H,18,19). The van der Waals surface area contributed by atoms with Crippen LogP contribution in [0.4, 0.5) is 0 Å². The van der Waals surface area contributed by atoms with Gasteiger partial charge in [-0.1, -0.05) is 29.3 Å². The van der Waals surface area contributed by atoms with E-state index in [1.165, 1.54) is 5.56 Å². The first-order valence-corrected chi connectivity index (χ1v) is 7.06. The number of rotatable bonds is 6. The summed E-state index contributed by atoms with van der Waals surface area (Å²) < 4.78 is 0. The molecule has 1 aromatic carbocycles. The van der Waals surface area contributed by atoms with Crippen LogP contribution >= 0.6 is 23.2 Å². The highest BCUT2D eigenvalue weighted by molar-refractivity contribution is 6.35. The van der Waals surface area contributed by atoms with Gasteiger partial charge in [0.15, 0.2) is 0 Å². The SMILES string of the molecule is Cc1[nH]ncc1CCCNCc1ccc(Cl)cc1Cl. The molecule has 102 valence electrons. The van der Waals surface area contributed by atoms with Gasteiger partial charge in [-0.25, -0.2) is 0 Å². The molecule has 0 atom stereocenters. The third-order valence-corrected chi connectivity index (χ3v) is 3.65. The van der Waals surface area contributed by atoms with Crippen molar-refractivity contribution in [3.05, 3.63) is 51.3 Å². The second kappa shape index (κ2) is 6.94. The summed E-state index contributed by atoms with van der Waals surface area (Å²) in [5.41, 5.74) is 3.51. The summed E-state index contributed by atoms with van der Waals surface area (Å²) in [5, 5.41) is 11.7. The number of aromatic nitrogens is 2. The van der Waals surface area contributed by atoms with E-state index >= 15 is 0 Å². The van der Waals surface area contributed by atoms with Gasteiger partial charge in [0.05, 0.1) is 6.20 Å². The van der Waals surface area contributed by atoms with Crippen LogP contribution < -0.4 is 5.32 Å². The van der Waals surface area contributed by atoms with Crippen molar-refractivity contribution >= 4 is 23.2 Å². The summed E-state index contributed by atoms with van der Waals surface area (Å²) in [5.74, 6) is 0. The molecule has 0 bridgehead atoms. The van der Waals surface area contributed by atoms with Gasteiger partial charge in [-0.05, 0) is 49.6 Å². The molecule has 0 amide bonds. The molecule has 19 heavy (non-hydrogen) atoms. The maximum atomic E-state index is 6.11. The van der Waals surface area contributed by atoms with Gasteiger partial charge in [0, 0.05) is 22.3 Å². The Labute approximate surface area is 123 Å². The minimum Gasteiger partial charge on any atom is -0.313 e. The fourth-order valence-electron chi connectivity index (χ4n) is 1.92. The first-order valence-electron chi connectivity index (χ1n) is 6.30. The van der Waals surface area contributed by atoms with Crippen LogP contribution in [0.5, 0.6) is 0 Å². The third kappa shape index (κ3) is 4.23. The van der Waals surface area contributed by atoms with Gasteiger partial charge >= 0.3 is 0 Å². The lowest BCUT2D eigenvalue weighted by Gasteiger charge is -2.07. The molecule has 2 aromatic rings. The van der Waals surface area contributed by atoms with Gasteiger partial charge in [-0.3, -0.25) is 5.10 Å². The third-order valence-electron chi connectivity index (χ3n) is 3.06. The number of hydrogen-bond acceptors (Lipinski definition) is 2.